The van der Waals surface area contributed by atoms with Crippen molar-refractivity contribution in [3.63, 3.8) is 0 Å². The lowest BCUT2D eigenvalue weighted by atomic mass is 10.00. The highest BCUT2D eigenvalue weighted by molar-refractivity contribution is 7.52. The fourth-order valence-electron chi connectivity index (χ4n) is 4.53. The summed E-state index contributed by atoms with van der Waals surface area (Å²) in [6.45, 7) is 6.53. The summed E-state index contributed by atoms with van der Waals surface area (Å²) in [5.41, 5.74) is 6.34. The molecule has 4 rings (SSSR count). The molecule has 6 unspecified atom stereocenters. The number of nitrogens with zero attached hydrogens (tertiary/aromatic N) is 4. The molecule has 0 aliphatic carbocycles. The average molecular weight is 639 g/mol. The Hall–Kier alpha value is -3.85. The van der Waals surface area contributed by atoms with Crippen molar-refractivity contribution >= 4 is 36.8 Å². The Labute approximate surface area is 253 Å². The van der Waals surface area contributed by atoms with Crippen molar-refractivity contribution in [3.8, 4) is 11.6 Å². The topological polar surface area (TPSA) is 188 Å². The zero-order valence-corrected chi connectivity index (χ0v) is 25.8. The number of aromatic nitrogens is 4. The Kier molecular flexibility index (Phi) is 10.7. The van der Waals surface area contributed by atoms with Crippen molar-refractivity contribution in [1.82, 2.24) is 24.6 Å². The summed E-state index contributed by atoms with van der Waals surface area (Å²) >= 11 is 0. The Morgan fingerprint density at radius 2 is 1.93 bits per heavy atom. The Balaban J connectivity index is 1.63. The molecule has 1 aromatic carbocycles. The third kappa shape index (κ3) is 7.80. The molecule has 0 saturated carbocycles. The van der Waals surface area contributed by atoms with Crippen molar-refractivity contribution in [3.05, 3.63) is 36.7 Å². The van der Waals surface area contributed by atoms with Crippen molar-refractivity contribution < 1.29 is 46.5 Å². The van der Waals surface area contributed by atoms with Crippen LogP contribution in [0.25, 0.3) is 11.2 Å². The standard InChI is InChI=1S/C27H36FN6O9P/c1-6-38-24-21-23(31-27(29)32-24)34(14-30-21)25-22(41-17(5)35)19(12-28)20(42-25)13-39-44(37,43-18-10-8-7-9-11-18)33-16(4)26(36)40-15(2)3/h7-11,14-16,19-20,22,25H,6,12-13H2,1-5H3,(H,33,37)(H2,29,31,32). The van der Waals surface area contributed by atoms with Gasteiger partial charge in [0.15, 0.2) is 23.5 Å². The van der Waals surface area contributed by atoms with Gasteiger partial charge in [0.25, 0.3) is 0 Å². The number of carbonyl (C=O) groups excluding carboxylic acids is 2. The molecule has 0 radical (unpaired) electrons. The maximum atomic E-state index is 14.6. The minimum atomic E-state index is -4.31. The molecule has 44 heavy (non-hydrogen) atoms. The molecule has 1 aliphatic heterocycles. The SMILES string of the molecule is CCOc1nc(N)nc2c1ncn2C1OC(COP(=O)(NC(C)C(=O)OC(C)C)Oc2ccccc2)C(CF)C1OC(C)=O. The monoisotopic (exact) mass is 638 g/mol. The molecule has 3 aromatic rings. The van der Waals surface area contributed by atoms with Gasteiger partial charge in [0.1, 0.15) is 11.8 Å². The van der Waals surface area contributed by atoms with Gasteiger partial charge in [-0.2, -0.15) is 15.1 Å². The first-order valence-corrected chi connectivity index (χ1v) is 15.5. The third-order valence-corrected chi connectivity index (χ3v) is 8.02. The van der Waals surface area contributed by atoms with E-state index in [9.17, 15) is 18.5 Å². The van der Waals surface area contributed by atoms with Gasteiger partial charge < -0.3 is 29.2 Å². The Morgan fingerprint density at radius 3 is 2.57 bits per heavy atom. The number of benzene rings is 1. The van der Waals surface area contributed by atoms with Gasteiger partial charge in [0, 0.05) is 6.92 Å². The van der Waals surface area contributed by atoms with E-state index in [1.165, 1.54) is 24.7 Å². The number of nitrogen functional groups attached to an aromatic ring is 1. The Bertz CT molecular complexity index is 1490. The first-order chi connectivity index (χ1) is 20.9. The summed E-state index contributed by atoms with van der Waals surface area (Å²) in [5.74, 6) is -2.23. The molecule has 3 heterocycles. The molecule has 2 aromatic heterocycles. The first kappa shape index (κ1) is 33.1. The summed E-state index contributed by atoms with van der Waals surface area (Å²) in [6.07, 6.45) is -2.47. The molecule has 0 spiro atoms. The lowest BCUT2D eigenvalue weighted by molar-refractivity contribution is -0.154. The van der Waals surface area contributed by atoms with Crippen LogP contribution < -0.4 is 20.1 Å². The third-order valence-electron chi connectivity index (χ3n) is 6.37. The number of ether oxygens (including phenoxy) is 4. The molecule has 1 saturated heterocycles. The molecule has 3 N–H and O–H groups in total. The Morgan fingerprint density at radius 1 is 1.20 bits per heavy atom. The maximum Gasteiger partial charge on any atom is 0.459 e. The largest absolute Gasteiger partial charge is 0.476 e. The van der Waals surface area contributed by atoms with Crippen LogP contribution in [0.4, 0.5) is 10.3 Å². The number of nitrogens with two attached hydrogens (primary N) is 1. The number of fused-ring (bicyclic) bond motifs is 1. The van der Waals surface area contributed by atoms with Crippen molar-refractivity contribution in [1.29, 1.82) is 0 Å². The van der Waals surface area contributed by atoms with Gasteiger partial charge in [0.05, 0.1) is 44.3 Å². The van der Waals surface area contributed by atoms with E-state index in [1.54, 1.807) is 51.1 Å². The number of esters is 2. The van der Waals surface area contributed by atoms with Gasteiger partial charge in [-0.1, -0.05) is 18.2 Å². The van der Waals surface area contributed by atoms with Crippen LogP contribution in [0.5, 0.6) is 11.6 Å². The predicted molar refractivity (Wildman–Crippen MR) is 154 cm³/mol. The number of rotatable bonds is 14. The summed E-state index contributed by atoms with van der Waals surface area (Å²) in [7, 11) is -4.31. The highest BCUT2D eigenvalue weighted by atomic mass is 31.2. The molecule has 15 nitrogen and oxygen atoms in total. The van der Waals surface area contributed by atoms with Gasteiger partial charge in [-0.05, 0) is 39.8 Å². The van der Waals surface area contributed by atoms with Gasteiger partial charge in [0.2, 0.25) is 11.8 Å². The van der Waals surface area contributed by atoms with Crippen LogP contribution in [-0.4, -0.2) is 75.7 Å². The van der Waals surface area contributed by atoms with Gasteiger partial charge in [-0.25, -0.2) is 9.55 Å². The summed E-state index contributed by atoms with van der Waals surface area (Å²) in [6, 6.07) is 7.05. The number of hydrogen-bond donors (Lipinski definition) is 2. The van der Waals surface area contributed by atoms with Crippen LogP contribution in [0, 0.1) is 5.92 Å². The van der Waals surface area contributed by atoms with E-state index in [2.05, 4.69) is 20.0 Å². The quantitative estimate of drug-likeness (QED) is 0.193. The van der Waals surface area contributed by atoms with E-state index < -0.39 is 69.5 Å². The van der Waals surface area contributed by atoms with Crippen LogP contribution in [0.3, 0.4) is 0 Å². The molecule has 0 bridgehead atoms. The summed E-state index contributed by atoms with van der Waals surface area (Å²) in [4.78, 5) is 37.2. The second-order valence-electron chi connectivity index (χ2n) is 10.1. The van der Waals surface area contributed by atoms with Gasteiger partial charge in [-0.3, -0.25) is 23.1 Å². The normalized spacial score (nSPS) is 22.0. The fraction of sp³-hybridized carbons (Fsp3) is 0.519. The smallest absolute Gasteiger partial charge is 0.459 e. The highest BCUT2D eigenvalue weighted by Gasteiger charge is 2.49. The van der Waals surface area contributed by atoms with Crippen molar-refractivity contribution in [2.45, 2.75) is 65.2 Å². The van der Waals surface area contributed by atoms with Crippen LogP contribution in [0.1, 0.15) is 40.8 Å². The van der Waals surface area contributed by atoms with E-state index in [0.29, 0.717) is 0 Å². The zero-order valence-electron chi connectivity index (χ0n) is 24.9. The molecule has 1 aliphatic rings. The molecule has 240 valence electrons. The second-order valence-corrected chi connectivity index (χ2v) is 11.8. The van der Waals surface area contributed by atoms with Crippen LogP contribution >= 0.6 is 7.75 Å². The number of alkyl halides is 1. The zero-order chi connectivity index (χ0) is 32.0. The van der Waals surface area contributed by atoms with Crippen molar-refractivity contribution in [2.75, 3.05) is 25.6 Å². The van der Waals surface area contributed by atoms with Crippen LogP contribution in [-0.2, 0) is 32.9 Å². The second kappa shape index (κ2) is 14.3. The average Bonchev–Trinajstić information content (AvgIpc) is 3.52. The lowest BCUT2D eigenvalue weighted by Crippen LogP contribution is -2.37. The molecule has 0 amide bonds. The number of para-hydroxylation sites is 1. The number of hydrogen-bond acceptors (Lipinski definition) is 13. The minimum Gasteiger partial charge on any atom is -0.476 e. The fourth-order valence-corrected chi connectivity index (χ4v) is 6.03. The van der Waals surface area contributed by atoms with Crippen LogP contribution in [0.15, 0.2) is 36.7 Å². The van der Waals surface area contributed by atoms with E-state index in [0.717, 1.165) is 0 Å². The van der Waals surface area contributed by atoms with Gasteiger partial charge >= 0.3 is 19.7 Å². The van der Waals surface area contributed by atoms with E-state index in [-0.39, 0.29) is 35.3 Å². The van der Waals surface area contributed by atoms with Crippen LogP contribution in [0.2, 0.25) is 0 Å². The van der Waals surface area contributed by atoms with Crippen molar-refractivity contribution in [2.24, 2.45) is 5.92 Å². The predicted octanol–water partition coefficient (Wildman–Crippen LogP) is 3.36. The lowest BCUT2D eigenvalue weighted by Gasteiger charge is -2.25. The van der Waals surface area contributed by atoms with E-state index in [1.807, 2.05) is 0 Å². The van der Waals surface area contributed by atoms with Gasteiger partial charge in [-0.15, -0.1) is 0 Å². The number of anilines is 1. The number of nitrogens with one attached hydrogen (secondary N) is 1. The molecule has 17 heteroatoms. The van der Waals surface area contributed by atoms with E-state index in [4.69, 9.17) is 33.7 Å². The highest BCUT2D eigenvalue weighted by Crippen LogP contribution is 2.47. The number of halogens is 1. The summed E-state index contributed by atoms with van der Waals surface area (Å²) in [5, 5.41) is 2.58. The molecule has 6 atom stereocenters. The molecular weight excluding hydrogens is 602 g/mol. The number of imidazole rings is 1. The summed E-state index contributed by atoms with van der Waals surface area (Å²) < 4.78 is 63.8. The van der Waals surface area contributed by atoms with E-state index >= 15 is 0 Å². The maximum absolute atomic E-state index is 14.6. The number of carbonyl (C=O) groups is 2. The first-order valence-electron chi connectivity index (χ1n) is 13.9. The molecular formula is C27H36FN6O9P. The minimum absolute atomic E-state index is 0.109. The molecule has 1 fully saturated rings.